The fraction of sp³-hybridized carbons (Fsp3) is 0.118. The molecule has 0 unspecified atom stereocenters. The van der Waals surface area contributed by atoms with E-state index in [1.165, 1.54) is 0 Å². The molecule has 22 heavy (non-hydrogen) atoms. The van der Waals surface area contributed by atoms with Crippen LogP contribution in [-0.2, 0) is 11.4 Å². The highest BCUT2D eigenvalue weighted by atomic mass is 16.3. The Kier molecular flexibility index (Phi) is 3.56. The lowest BCUT2D eigenvalue weighted by atomic mass is 10.0. The van der Waals surface area contributed by atoms with E-state index in [0.29, 0.717) is 11.3 Å². The summed E-state index contributed by atoms with van der Waals surface area (Å²) < 4.78 is 0. The highest BCUT2D eigenvalue weighted by Gasteiger charge is 2.26. The van der Waals surface area contributed by atoms with Gasteiger partial charge in [0, 0.05) is 28.3 Å². The van der Waals surface area contributed by atoms with E-state index in [4.69, 9.17) is 5.73 Å². The predicted molar refractivity (Wildman–Crippen MR) is 88.1 cm³/mol. The van der Waals surface area contributed by atoms with Crippen LogP contribution >= 0.6 is 0 Å². The molecule has 0 saturated carbocycles. The van der Waals surface area contributed by atoms with Gasteiger partial charge in [-0.25, -0.2) is 0 Å². The van der Waals surface area contributed by atoms with Gasteiger partial charge < -0.3 is 21.5 Å². The van der Waals surface area contributed by atoms with Gasteiger partial charge >= 0.3 is 0 Å². The van der Waals surface area contributed by atoms with E-state index in [2.05, 4.69) is 10.6 Å². The summed E-state index contributed by atoms with van der Waals surface area (Å²) in [5.41, 5.74) is 10.9. The predicted octanol–water partition coefficient (Wildman–Crippen LogP) is 2.56. The second-order valence-corrected chi connectivity index (χ2v) is 5.24. The number of hydrogen-bond donors (Lipinski definition) is 4. The Bertz CT molecular complexity index is 781. The number of carbonyl (C=O) groups excluding carboxylic acids is 1. The number of anilines is 3. The summed E-state index contributed by atoms with van der Waals surface area (Å²) in [4.78, 5) is 12.2. The minimum absolute atomic E-state index is 0.0228. The van der Waals surface area contributed by atoms with Gasteiger partial charge in [-0.15, -0.1) is 0 Å². The number of benzene rings is 2. The maximum atomic E-state index is 12.2. The van der Waals surface area contributed by atoms with Crippen molar-refractivity contribution in [1.82, 2.24) is 0 Å². The van der Waals surface area contributed by atoms with Crippen LogP contribution in [0.4, 0.5) is 17.1 Å². The first-order valence-corrected chi connectivity index (χ1v) is 6.97. The van der Waals surface area contributed by atoms with Crippen molar-refractivity contribution in [2.75, 3.05) is 16.4 Å². The summed E-state index contributed by atoms with van der Waals surface area (Å²) >= 11 is 0. The quantitative estimate of drug-likeness (QED) is 0.518. The molecule has 2 aromatic carbocycles. The van der Waals surface area contributed by atoms with Gasteiger partial charge in [-0.2, -0.15) is 0 Å². The van der Waals surface area contributed by atoms with Crippen molar-refractivity contribution in [1.29, 1.82) is 0 Å². The average Bonchev–Trinajstić information content (AvgIpc) is 2.82. The molecule has 0 aromatic heterocycles. The van der Waals surface area contributed by atoms with E-state index in [9.17, 15) is 9.90 Å². The van der Waals surface area contributed by atoms with E-state index < -0.39 is 0 Å². The minimum atomic E-state index is -0.149. The summed E-state index contributed by atoms with van der Waals surface area (Å²) in [6, 6.07) is 12.8. The molecule has 112 valence electrons. The third-order valence-corrected chi connectivity index (χ3v) is 3.60. The van der Waals surface area contributed by atoms with Crippen LogP contribution in [0.15, 0.2) is 48.2 Å². The Morgan fingerprint density at radius 2 is 2.09 bits per heavy atom. The number of aliphatic hydroxyl groups excluding tert-OH is 1. The zero-order valence-corrected chi connectivity index (χ0v) is 12.2. The SMILES string of the molecule is C/C(Nc1cccc(CO)c1)=C1/C(=O)Nc2ccc(N)cc21. The number of rotatable bonds is 3. The van der Waals surface area contributed by atoms with Gasteiger partial charge in [0.05, 0.1) is 12.2 Å². The molecule has 3 rings (SSSR count). The Morgan fingerprint density at radius 1 is 1.27 bits per heavy atom. The molecule has 5 nitrogen and oxygen atoms in total. The normalized spacial score (nSPS) is 15.3. The summed E-state index contributed by atoms with van der Waals surface area (Å²) in [5.74, 6) is -0.149. The second-order valence-electron chi connectivity index (χ2n) is 5.24. The summed E-state index contributed by atoms with van der Waals surface area (Å²) in [6.07, 6.45) is 0. The van der Waals surface area contributed by atoms with Crippen molar-refractivity contribution in [2.24, 2.45) is 0 Å². The van der Waals surface area contributed by atoms with E-state index in [0.717, 1.165) is 28.2 Å². The number of carbonyl (C=O) groups is 1. The summed E-state index contributed by atoms with van der Waals surface area (Å²) in [5, 5.41) is 15.2. The Morgan fingerprint density at radius 3 is 2.86 bits per heavy atom. The number of nitrogen functional groups attached to an aromatic ring is 1. The summed E-state index contributed by atoms with van der Waals surface area (Å²) in [6.45, 7) is 1.82. The van der Waals surface area contributed by atoms with Gasteiger partial charge in [0.1, 0.15) is 0 Å². The highest BCUT2D eigenvalue weighted by Crippen LogP contribution is 2.35. The summed E-state index contributed by atoms with van der Waals surface area (Å²) in [7, 11) is 0. The Balaban J connectivity index is 1.99. The molecule has 1 aliphatic rings. The molecule has 0 fully saturated rings. The maximum Gasteiger partial charge on any atom is 0.258 e. The second kappa shape index (κ2) is 5.54. The lowest BCUT2D eigenvalue weighted by Crippen LogP contribution is -2.08. The number of allylic oxidation sites excluding steroid dienone is 1. The number of fused-ring (bicyclic) bond motifs is 1. The van der Waals surface area contributed by atoms with Crippen molar-refractivity contribution in [2.45, 2.75) is 13.5 Å². The maximum absolute atomic E-state index is 12.2. The van der Waals surface area contributed by atoms with Crippen LogP contribution in [0.3, 0.4) is 0 Å². The van der Waals surface area contributed by atoms with E-state index in [1.54, 1.807) is 18.2 Å². The first-order chi connectivity index (χ1) is 10.6. The molecule has 0 radical (unpaired) electrons. The van der Waals surface area contributed by atoms with Crippen LogP contribution in [0.2, 0.25) is 0 Å². The van der Waals surface area contributed by atoms with Gasteiger partial charge in [0.2, 0.25) is 0 Å². The topological polar surface area (TPSA) is 87.4 Å². The van der Waals surface area contributed by atoms with Crippen molar-refractivity contribution < 1.29 is 9.90 Å². The molecule has 0 atom stereocenters. The molecule has 1 amide bonds. The molecule has 0 aliphatic carbocycles. The molecule has 5 N–H and O–H groups in total. The zero-order chi connectivity index (χ0) is 15.7. The first kappa shape index (κ1) is 14.2. The molecule has 1 aliphatic heterocycles. The van der Waals surface area contributed by atoms with Gasteiger partial charge in [-0.05, 0) is 42.8 Å². The number of nitrogens with two attached hydrogens (primary N) is 1. The smallest absolute Gasteiger partial charge is 0.258 e. The largest absolute Gasteiger partial charge is 0.399 e. The molecular weight excluding hydrogens is 278 g/mol. The number of amides is 1. The van der Waals surface area contributed by atoms with Crippen molar-refractivity contribution in [3.8, 4) is 0 Å². The van der Waals surface area contributed by atoms with Crippen LogP contribution < -0.4 is 16.4 Å². The molecule has 0 bridgehead atoms. The van der Waals surface area contributed by atoms with Crippen LogP contribution in [0.25, 0.3) is 5.57 Å². The van der Waals surface area contributed by atoms with E-state index >= 15 is 0 Å². The lowest BCUT2D eigenvalue weighted by molar-refractivity contribution is -0.110. The zero-order valence-electron chi connectivity index (χ0n) is 12.2. The number of nitrogens with one attached hydrogen (secondary N) is 2. The molecular formula is C17H17N3O2. The van der Waals surface area contributed by atoms with Gasteiger partial charge in [-0.1, -0.05) is 12.1 Å². The van der Waals surface area contributed by atoms with Crippen LogP contribution in [0.5, 0.6) is 0 Å². The van der Waals surface area contributed by atoms with E-state index in [1.807, 2.05) is 31.2 Å². The first-order valence-electron chi connectivity index (χ1n) is 6.97. The monoisotopic (exact) mass is 295 g/mol. The van der Waals surface area contributed by atoms with Gasteiger partial charge in [0.15, 0.2) is 0 Å². The van der Waals surface area contributed by atoms with Gasteiger partial charge in [-0.3, -0.25) is 4.79 Å². The minimum Gasteiger partial charge on any atom is -0.399 e. The average molecular weight is 295 g/mol. The molecule has 5 heteroatoms. The molecule has 1 heterocycles. The fourth-order valence-electron chi connectivity index (χ4n) is 2.58. The molecule has 2 aromatic rings. The van der Waals surface area contributed by atoms with Crippen LogP contribution in [0.1, 0.15) is 18.1 Å². The third kappa shape index (κ3) is 2.54. The van der Waals surface area contributed by atoms with E-state index in [-0.39, 0.29) is 12.5 Å². The number of aliphatic hydroxyl groups is 1. The van der Waals surface area contributed by atoms with Crippen molar-refractivity contribution >= 4 is 28.5 Å². The molecule has 0 spiro atoms. The Labute approximate surface area is 128 Å². The fourth-order valence-corrected chi connectivity index (χ4v) is 2.58. The Hall–Kier alpha value is -2.79. The highest BCUT2D eigenvalue weighted by molar-refractivity contribution is 6.32. The standard InChI is InChI=1S/C17H17N3O2/c1-10(19-13-4-2-3-11(7-13)9-21)16-14-8-12(18)5-6-15(14)20-17(16)22/h2-8,19,21H,9,18H2,1H3,(H,20,22)/b16-10-. The lowest BCUT2D eigenvalue weighted by Gasteiger charge is -2.10. The third-order valence-electron chi connectivity index (χ3n) is 3.60. The van der Waals surface area contributed by atoms with Crippen LogP contribution in [-0.4, -0.2) is 11.0 Å². The van der Waals surface area contributed by atoms with Crippen LogP contribution in [0, 0.1) is 0 Å². The van der Waals surface area contributed by atoms with Crippen molar-refractivity contribution in [3.05, 3.63) is 59.3 Å². The van der Waals surface area contributed by atoms with Crippen molar-refractivity contribution in [3.63, 3.8) is 0 Å². The van der Waals surface area contributed by atoms with Gasteiger partial charge in [0.25, 0.3) is 5.91 Å². The molecule has 0 saturated heterocycles. The number of hydrogen-bond acceptors (Lipinski definition) is 4.